The number of amides is 3. The second-order valence-corrected chi connectivity index (χ2v) is 4.51. The lowest BCUT2D eigenvalue weighted by Gasteiger charge is -2.08. The highest BCUT2D eigenvalue weighted by Gasteiger charge is 2.15. The van der Waals surface area contributed by atoms with Crippen LogP contribution in [0.1, 0.15) is 26.3 Å². The SMILES string of the molecule is CCc1ccc(NC(=O)NC(=O)C(C)=C(C)C(=O)O)cc1. The van der Waals surface area contributed by atoms with Gasteiger partial charge in [0, 0.05) is 16.8 Å². The summed E-state index contributed by atoms with van der Waals surface area (Å²) in [5, 5.41) is 13.4. The molecule has 112 valence electrons. The highest BCUT2D eigenvalue weighted by Crippen LogP contribution is 2.10. The fourth-order valence-corrected chi connectivity index (χ4v) is 1.51. The van der Waals surface area contributed by atoms with Gasteiger partial charge in [-0.05, 0) is 38.0 Å². The van der Waals surface area contributed by atoms with Crippen LogP contribution >= 0.6 is 0 Å². The third kappa shape index (κ3) is 4.76. The van der Waals surface area contributed by atoms with Crippen LogP contribution < -0.4 is 10.6 Å². The van der Waals surface area contributed by atoms with E-state index in [9.17, 15) is 14.4 Å². The van der Waals surface area contributed by atoms with Crippen LogP contribution in [-0.2, 0) is 16.0 Å². The number of nitrogens with one attached hydrogen (secondary N) is 2. The van der Waals surface area contributed by atoms with Crippen LogP contribution in [0.25, 0.3) is 0 Å². The molecular weight excluding hydrogens is 272 g/mol. The van der Waals surface area contributed by atoms with Crippen molar-refractivity contribution in [2.75, 3.05) is 5.32 Å². The molecule has 1 rings (SSSR count). The summed E-state index contributed by atoms with van der Waals surface area (Å²) in [5.74, 6) is -1.93. The molecule has 0 aromatic heterocycles. The zero-order chi connectivity index (χ0) is 16.0. The number of hydrogen-bond acceptors (Lipinski definition) is 3. The molecule has 0 saturated heterocycles. The maximum absolute atomic E-state index is 11.7. The Labute approximate surface area is 122 Å². The minimum Gasteiger partial charge on any atom is -0.478 e. The first kappa shape index (κ1) is 16.4. The quantitative estimate of drug-likeness (QED) is 0.741. The van der Waals surface area contributed by atoms with Gasteiger partial charge in [-0.1, -0.05) is 19.1 Å². The number of carbonyl (C=O) groups is 3. The Hall–Kier alpha value is -2.63. The van der Waals surface area contributed by atoms with Gasteiger partial charge in [0.1, 0.15) is 0 Å². The number of aliphatic carboxylic acids is 1. The van der Waals surface area contributed by atoms with Crippen molar-refractivity contribution in [3.8, 4) is 0 Å². The Morgan fingerprint density at radius 3 is 2.10 bits per heavy atom. The Morgan fingerprint density at radius 1 is 1.05 bits per heavy atom. The van der Waals surface area contributed by atoms with E-state index in [0.29, 0.717) is 5.69 Å². The van der Waals surface area contributed by atoms with Crippen LogP contribution in [0.15, 0.2) is 35.4 Å². The van der Waals surface area contributed by atoms with Gasteiger partial charge < -0.3 is 10.4 Å². The van der Waals surface area contributed by atoms with E-state index < -0.39 is 17.9 Å². The molecule has 0 bridgehead atoms. The number of hydrogen-bond donors (Lipinski definition) is 3. The number of urea groups is 1. The van der Waals surface area contributed by atoms with Gasteiger partial charge in [0.05, 0.1) is 0 Å². The zero-order valence-electron chi connectivity index (χ0n) is 12.2. The van der Waals surface area contributed by atoms with Crippen LogP contribution in [0.3, 0.4) is 0 Å². The van der Waals surface area contributed by atoms with Crippen molar-refractivity contribution < 1.29 is 19.5 Å². The van der Waals surface area contributed by atoms with E-state index in [4.69, 9.17) is 5.11 Å². The van der Waals surface area contributed by atoms with Crippen LogP contribution in [0.2, 0.25) is 0 Å². The summed E-state index contributed by atoms with van der Waals surface area (Å²) >= 11 is 0. The predicted octanol–water partition coefficient (Wildman–Crippen LogP) is 2.32. The van der Waals surface area contributed by atoms with E-state index >= 15 is 0 Å². The molecular formula is C15H18N2O4. The summed E-state index contributed by atoms with van der Waals surface area (Å²) < 4.78 is 0. The number of benzene rings is 1. The Balaban J connectivity index is 2.67. The maximum Gasteiger partial charge on any atom is 0.331 e. The Bertz CT molecular complexity index is 588. The molecule has 1 aromatic carbocycles. The van der Waals surface area contributed by atoms with Crippen molar-refractivity contribution in [2.45, 2.75) is 27.2 Å². The fourth-order valence-electron chi connectivity index (χ4n) is 1.51. The minimum atomic E-state index is -1.20. The molecule has 0 spiro atoms. The largest absolute Gasteiger partial charge is 0.478 e. The van der Waals surface area contributed by atoms with Crippen molar-refractivity contribution in [3.05, 3.63) is 41.0 Å². The minimum absolute atomic E-state index is 0.0148. The van der Waals surface area contributed by atoms with Gasteiger partial charge in [0.15, 0.2) is 0 Å². The molecule has 6 heteroatoms. The molecule has 3 amide bonds. The number of imide groups is 1. The molecule has 0 unspecified atom stereocenters. The van der Waals surface area contributed by atoms with Gasteiger partial charge in [0.25, 0.3) is 5.91 Å². The molecule has 0 atom stereocenters. The van der Waals surface area contributed by atoms with Crippen molar-refractivity contribution in [1.29, 1.82) is 0 Å². The standard InChI is InChI=1S/C15H18N2O4/c1-4-11-5-7-12(8-6-11)16-15(21)17-13(18)9(2)10(3)14(19)20/h5-8H,4H2,1-3H3,(H,19,20)(H2,16,17,18,21). The molecule has 0 aliphatic heterocycles. The summed E-state index contributed by atoms with van der Waals surface area (Å²) in [7, 11) is 0. The van der Waals surface area contributed by atoms with E-state index in [0.717, 1.165) is 12.0 Å². The summed E-state index contributed by atoms with van der Waals surface area (Å²) in [6, 6.07) is 6.50. The van der Waals surface area contributed by atoms with Crippen molar-refractivity contribution in [1.82, 2.24) is 5.32 Å². The van der Waals surface area contributed by atoms with Crippen molar-refractivity contribution in [2.24, 2.45) is 0 Å². The number of anilines is 1. The van der Waals surface area contributed by atoms with Gasteiger partial charge in [0.2, 0.25) is 0 Å². The van der Waals surface area contributed by atoms with Gasteiger partial charge >= 0.3 is 12.0 Å². The lowest BCUT2D eigenvalue weighted by molar-refractivity contribution is -0.133. The number of carbonyl (C=O) groups excluding carboxylic acids is 2. The summed E-state index contributed by atoms with van der Waals surface area (Å²) in [4.78, 5) is 34.1. The first-order chi connectivity index (χ1) is 9.85. The van der Waals surface area contributed by atoms with Crippen LogP contribution in [0.5, 0.6) is 0 Å². The number of rotatable bonds is 4. The highest BCUT2D eigenvalue weighted by molar-refractivity contribution is 6.10. The lowest BCUT2D eigenvalue weighted by Crippen LogP contribution is -2.35. The van der Waals surface area contributed by atoms with Gasteiger partial charge in [-0.25, -0.2) is 9.59 Å². The average molecular weight is 290 g/mol. The first-order valence-corrected chi connectivity index (χ1v) is 6.47. The molecule has 0 radical (unpaired) electrons. The third-order valence-corrected chi connectivity index (χ3v) is 3.07. The van der Waals surface area contributed by atoms with Crippen LogP contribution in [0.4, 0.5) is 10.5 Å². The Kier molecular flexibility index (Phi) is 5.66. The smallest absolute Gasteiger partial charge is 0.331 e. The molecule has 3 N–H and O–H groups in total. The van der Waals surface area contributed by atoms with E-state index in [2.05, 4.69) is 10.6 Å². The summed E-state index contributed by atoms with van der Waals surface area (Å²) in [5.41, 5.74) is 1.56. The second-order valence-electron chi connectivity index (χ2n) is 4.51. The molecule has 0 aliphatic carbocycles. The molecule has 6 nitrogen and oxygen atoms in total. The zero-order valence-corrected chi connectivity index (χ0v) is 12.2. The summed E-state index contributed by atoms with van der Waals surface area (Å²) in [6.45, 7) is 4.68. The van der Waals surface area contributed by atoms with Crippen LogP contribution in [-0.4, -0.2) is 23.0 Å². The number of carboxylic acids is 1. The normalized spacial score (nSPS) is 11.4. The van der Waals surface area contributed by atoms with Crippen LogP contribution in [0, 0.1) is 0 Å². The third-order valence-electron chi connectivity index (χ3n) is 3.07. The monoisotopic (exact) mass is 290 g/mol. The number of aryl methyl sites for hydroxylation is 1. The maximum atomic E-state index is 11.7. The topological polar surface area (TPSA) is 95.5 Å². The van der Waals surface area contributed by atoms with E-state index in [1.165, 1.54) is 13.8 Å². The Morgan fingerprint density at radius 2 is 1.62 bits per heavy atom. The molecule has 0 fully saturated rings. The number of carboxylic acid groups (broad SMARTS) is 1. The summed E-state index contributed by atoms with van der Waals surface area (Å²) in [6.07, 6.45) is 0.892. The van der Waals surface area contributed by atoms with Crippen molar-refractivity contribution >= 4 is 23.6 Å². The average Bonchev–Trinajstić information content (AvgIpc) is 2.46. The molecule has 0 aliphatic rings. The van der Waals surface area contributed by atoms with Crippen molar-refractivity contribution in [3.63, 3.8) is 0 Å². The van der Waals surface area contributed by atoms with Gasteiger partial charge in [-0.2, -0.15) is 0 Å². The second kappa shape index (κ2) is 7.23. The van der Waals surface area contributed by atoms with E-state index in [1.807, 2.05) is 19.1 Å². The molecule has 1 aromatic rings. The van der Waals surface area contributed by atoms with E-state index in [-0.39, 0.29) is 11.1 Å². The first-order valence-electron chi connectivity index (χ1n) is 6.47. The predicted molar refractivity (Wildman–Crippen MR) is 79.0 cm³/mol. The molecule has 21 heavy (non-hydrogen) atoms. The van der Waals surface area contributed by atoms with Gasteiger partial charge in [-0.3, -0.25) is 10.1 Å². The van der Waals surface area contributed by atoms with E-state index in [1.54, 1.807) is 12.1 Å². The van der Waals surface area contributed by atoms with Gasteiger partial charge in [-0.15, -0.1) is 0 Å². The lowest BCUT2D eigenvalue weighted by atomic mass is 10.1. The fraction of sp³-hybridized carbons (Fsp3) is 0.267. The highest BCUT2D eigenvalue weighted by atomic mass is 16.4. The molecule has 0 saturated carbocycles. The molecule has 0 heterocycles.